The van der Waals surface area contributed by atoms with Gasteiger partial charge in [-0.2, -0.15) is 0 Å². The molecular weight excluding hydrogens is 262 g/mol. The van der Waals surface area contributed by atoms with E-state index < -0.39 is 0 Å². The summed E-state index contributed by atoms with van der Waals surface area (Å²) in [6.45, 7) is 9.80. The number of rotatable bonds is 9. The largest absolute Gasteiger partial charge is 0.459 e. The predicted molar refractivity (Wildman–Crippen MR) is 87.3 cm³/mol. The molecule has 0 aliphatic heterocycles. The summed E-state index contributed by atoms with van der Waals surface area (Å²) in [4.78, 5) is 0. The molecule has 3 heteroatoms. The Bertz CT molecular complexity index is 545. The normalized spacial score (nSPS) is 11.6. The lowest BCUT2D eigenvalue weighted by Crippen LogP contribution is -2.19. The molecule has 0 bridgehead atoms. The van der Waals surface area contributed by atoms with Gasteiger partial charge in [-0.1, -0.05) is 45.4 Å². The number of benzene rings is 1. The molecule has 2 aromatic rings. The predicted octanol–water partition coefficient (Wildman–Crippen LogP) is 4.50. The molecule has 21 heavy (non-hydrogen) atoms. The number of ether oxygens (including phenoxy) is 1. The van der Waals surface area contributed by atoms with Crippen LogP contribution in [0.15, 0.2) is 28.7 Å². The second-order valence-corrected chi connectivity index (χ2v) is 5.93. The summed E-state index contributed by atoms with van der Waals surface area (Å²) < 4.78 is 11.8. The second-order valence-electron chi connectivity index (χ2n) is 5.93. The fourth-order valence-electron chi connectivity index (χ4n) is 2.35. The summed E-state index contributed by atoms with van der Waals surface area (Å²) in [5, 5.41) is 4.63. The third kappa shape index (κ3) is 4.58. The fraction of sp³-hybridized carbons (Fsp3) is 0.556. The number of para-hydroxylation sites is 1. The van der Waals surface area contributed by atoms with E-state index in [1.165, 1.54) is 10.9 Å². The molecule has 0 fully saturated rings. The minimum absolute atomic E-state index is 0.635. The van der Waals surface area contributed by atoms with Crippen LogP contribution in [-0.2, 0) is 17.9 Å². The smallest absolute Gasteiger partial charge is 0.134 e. The minimum Gasteiger partial charge on any atom is -0.459 e. The Morgan fingerprint density at radius 3 is 2.81 bits per heavy atom. The quantitative estimate of drug-likeness (QED) is 0.690. The van der Waals surface area contributed by atoms with E-state index in [0.717, 1.165) is 43.9 Å². The summed E-state index contributed by atoms with van der Waals surface area (Å²) in [5.74, 6) is 1.65. The molecule has 0 aliphatic rings. The zero-order chi connectivity index (χ0) is 15.1. The summed E-state index contributed by atoms with van der Waals surface area (Å²) in [6.07, 6.45) is 2.27. The SMILES string of the molecule is CCCCOCc1c(CNCC(C)C)oc2ccccc12. The molecule has 0 aliphatic carbocycles. The van der Waals surface area contributed by atoms with E-state index in [9.17, 15) is 0 Å². The van der Waals surface area contributed by atoms with Gasteiger partial charge >= 0.3 is 0 Å². The van der Waals surface area contributed by atoms with Crippen molar-refractivity contribution >= 4 is 11.0 Å². The maximum atomic E-state index is 6.00. The average molecular weight is 289 g/mol. The van der Waals surface area contributed by atoms with Gasteiger partial charge in [0.25, 0.3) is 0 Å². The van der Waals surface area contributed by atoms with E-state index in [0.29, 0.717) is 12.5 Å². The Morgan fingerprint density at radius 2 is 2.05 bits per heavy atom. The number of nitrogens with one attached hydrogen (secondary N) is 1. The molecule has 0 radical (unpaired) electrons. The van der Waals surface area contributed by atoms with Crippen LogP contribution in [0, 0.1) is 5.92 Å². The fourth-order valence-corrected chi connectivity index (χ4v) is 2.35. The van der Waals surface area contributed by atoms with Gasteiger partial charge in [-0.05, 0) is 24.9 Å². The molecule has 1 aromatic carbocycles. The molecule has 0 saturated heterocycles. The van der Waals surface area contributed by atoms with Crippen molar-refractivity contribution in [1.29, 1.82) is 0 Å². The van der Waals surface area contributed by atoms with E-state index >= 15 is 0 Å². The van der Waals surface area contributed by atoms with Gasteiger partial charge in [0, 0.05) is 17.6 Å². The highest BCUT2D eigenvalue weighted by molar-refractivity contribution is 5.82. The number of unbranched alkanes of at least 4 members (excludes halogenated alkanes) is 1. The first-order valence-corrected chi connectivity index (χ1v) is 8.00. The lowest BCUT2D eigenvalue weighted by Gasteiger charge is -2.08. The molecule has 2 rings (SSSR count). The first-order chi connectivity index (χ1) is 10.2. The maximum Gasteiger partial charge on any atom is 0.134 e. The van der Waals surface area contributed by atoms with Gasteiger partial charge in [0.05, 0.1) is 13.2 Å². The summed E-state index contributed by atoms with van der Waals surface area (Å²) in [6, 6.07) is 8.21. The molecule has 0 amide bonds. The van der Waals surface area contributed by atoms with Gasteiger partial charge in [0.2, 0.25) is 0 Å². The van der Waals surface area contributed by atoms with Crippen LogP contribution in [-0.4, -0.2) is 13.2 Å². The molecule has 0 unspecified atom stereocenters. The average Bonchev–Trinajstić information content (AvgIpc) is 2.81. The van der Waals surface area contributed by atoms with Gasteiger partial charge in [-0.15, -0.1) is 0 Å². The van der Waals surface area contributed by atoms with Crippen LogP contribution in [0.2, 0.25) is 0 Å². The lowest BCUT2D eigenvalue weighted by molar-refractivity contribution is 0.117. The van der Waals surface area contributed by atoms with Gasteiger partial charge < -0.3 is 14.5 Å². The highest BCUT2D eigenvalue weighted by Gasteiger charge is 2.13. The van der Waals surface area contributed by atoms with Crippen LogP contribution >= 0.6 is 0 Å². The molecule has 0 spiro atoms. The maximum absolute atomic E-state index is 6.00. The molecule has 1 aromatic heterocycles. The van der Waals surface area contributed by atoms with Crippen molar-refractivity contribution in [2.45, 2.75) is 46.8 Å². The van der Waals surface area contributed by atoms with Crippen molar-refractivity contribution in [3.8, 4) is 0 Å². The Kier molecular flexibility index (Phi) is 6.27. The Hall–Kier alpha value is -1.32. The van der Waals surface area contributed by atoms with Crippen molar-refractivity contribution < 1.29 is 9.15 Å². The van der Waals surface area contributed by atoms with Crippen LogP contribution in [0.4, 0.5) is 0 Å². The van der Waals surface area contributed by atoms with Crippen LogP contribution < -0.4 is 5.32 Å². The Balaban J connectivity index is 2.09. The van der Waals surface area contributed by atoms with Crippen molar-refractivity contribution in [3.63, 3.8) is 0 Å². The zero-order valence-corrected chi connectivity index (χ0v) is 13.4. The van der Waals surface area contributed by atoms with Crippen molar-refractivity contribution in [2.75, 3.05) is 13.2 Å². The van der Waals surface area contributed by atoms with E-state index in [4.69, 9.17) is 9.15 Å². The number of hydrogen-bond donors (Lipinski definition) is 1. The standard InChI is InChI=1S/C18H27NO2/c1-4-5-10-20-13-16-15-8-6-7-9-17(15)21-18(16)12-19-11-14(2)3/h6-9,14,19H,4-5,10-13H2,1-3H3. The highest BCUT2D eigenvalue weighted by Crippen LogP contribution is 2.26. The zero-order valence-electron chi connectivity index (χ0n) is 13.4. The number of furan rings is 1. The van der Waals surface area contributed by atoms with Gasteiger partial charge in [-0.25, -0.2) is 0 Å². The molecular formula is C18H27NO2. The monoisotopic (exact) mass is 289 g/mol. The van der Waals surface area contributed by atoms with Gasteiger partial charge in [0.15, 0.2) is 0 Å². The Morgan fingerprint density at radius 1 is 1.24 bits per heavy atom. The molecule has 116 valence electrons. The van der Waals surface area contributed by atoms with E-state index in [2.05, 4.69) is 38.2 Å². The van der Waals surface area contributed by atoms with Gasteiger partial charge in [-0.3, -0.25) is 0 Å². The summed E-state index contributed by atoms with van der Waals surface area (Å²) in [5.41, 5.74) is 2.14. The highest BCUT2D eigenvalue weighted by atomic mass is 16.5. The van der Waals surface area contributed by atoms with Crippen LogP contribution in [0.1, 0.15) is 44.9 Å². The third-order valence-corrected chi connectivity index (χ3v) is 3.51. The van der Waals surface area contributed by atoms with Crippen molar-refractivity contribution in [1.82, 2.24) is 5.32 Å². The number of hydrogen-bond acceptors (Lipinski definition) is 3. The first kappa shape index (κ1) is 16.1. The number of fused-ring (bicyclic) bond motifs is 1. The molecule has 0 saturated carbocycles. The Labute approximate surface area is 127 Å². The first-order valence-electron chi connectivity index (χ1n) is 8.00. The van der Waals surface area contributed by atoms with Crippen LogP contribution in [0.5, 0.6) is 0 Å². The minimum atomic E-state index is 0.635. The molecule has 3 nitrogen and oxygen atoms in total. The van der Waals surface area contributed by atoms with Crippen molar-refractivity contribution in [2.24, 2.45) is 5.92 Å². The molecule has 0 atom stereocenters. The van der Waals surface area contributed by atoms with Crippen LogP contribution in [0.25, 0.3) is 11.0 Å². The second kappa shape index (κ2) is 8.20. The molecule has 1 heterocycles. The topological polar surface area (TPSA) is 34.4 Å². The van der Waals surface area contributed by atoms with Gasteiger partial charge in [0.1, 0.15) is 11.3 Å². The molecule has 1 N–H and O–H groups in total. The summed E-state index contributed by atoms with van der Waals surface area (Å²) >= 11 is 0. The third-order valence-electron chi connectivity index (χ3n) is 3.51. The lowest BCUT2D eigenvalue weighted by atomic mass is 10.1. The van der Waals surface area contributed by atoms with E-state index in [1.54, 1.807) is 0 Å². The summed E-state index contributed by atoms with van der Waals surface area (Å²) in [7, 11) is 0. The van der Waals surface area contributed by atoms with E-state index in [1.807, 2.05) is 12.1 Å². The van der Waals surface area contributed by atoms with Crippen LogP contribution in [0.3, 0.4) is 0 Å². The van der Waals surface area contributed by atoms with E-state index in [-0.39, 0.29) is 0 Å². The van der Waals surface area contributed by atoms with Crippen molar-refractivity contribution in [3.05, 3.63) is 35.6 Å².